The summed E-state index contributed by atoms with van der Waals surface area (Å²) < 4.78 is 0. The van der Waals surface area contributed by atoms with Gasteiger partial charge in [-0.25, -0.2) is 0 Å². The van der Waals surface area contributed by atoms with Crippen LogP contribution in [-0.2, 0) is 4.79 Å². The highest BCUT2D eigenvalue weighted by atomic mass is 35.5. The lowest BCUT2D eigenvalue weighted by atomic mass is 9.99. The quantitative estimate of drug-likeness (QED) is 0.829. The van der Waals surface area contributed by atoms with Gasteiger partial charge in [0.15, 0.2) is 0 Å². The fraction of sp³-hybridized carbons (Fsp3) is 0.353. The Morgan fingerprint density at radius 2 is 1.90 bits per heavy atom. The van der Waals surface area contributed by atoms with Gasteiger partial charge in [0, 0.05) is 0 Å². The number of amides is 1. The Balaban J connectivity index is 2.28. The van der Waals surface area contributed by atoms with Gasteiger partial charge in [0.05, 0.1) is 6.04 Å². The van der Waals surface area contributed by atoms with Gasteiger partial charge < -0.3 is 5.32 Å². The van der Waals surface area contributed by atoms with Gasteiger partial charge >= 0.3 is 0 Å². The highest BCUT2D eigenvalue weighted by Crippen LogP contribution is 2.26. The van der Waals surface area contributed by atoms with Crippen LogP contribution in [0.25, 0.3) is 10.8 Å². The maximum Gasteiger partial charge on any atom is 0.241 e. The lowest BCUT2D eigenvalue weighted by Gasteiger charge is -2.23. The van der Waals surface area contributed by atoms with Crippen molar-refractivity contribution in [2.75, 3.05) is 0 Å². The molecule has 2 nitrogen and oxygen atoms in total. The molecule has 0 spiro atoms. The molecule has 0 aliphatic heterocycles. The van der Waals surface area contributed by atoms with Crippen LogP contribution in [0.4, 0.5) is 0 Å². The van der Waals surface area contributed by atoms with Crippen molar-refractivity contribution in [3.63, 3.8) is 0 Å². The second-order valence-corrected chi connectivity index (χ2v) is 6.15. The number of fused-ring (bicyclic) bond motifs is 1. The number of halogens is 1. The van der Waals surface area contributed by atoms with Crippen LogP contribution in [0.15, 0.2) is 42.5 Å². The first kappa shape index (κ1) is 14.9. The maximum atomic E-state index is 12.2. The van der Waals surface area contributed by atoms with Gasteiger partial charge in [-0.2, -0.15) is 0 Å². The number of carbonyl (C=O) groups is 1. The van der Waals surface area contributed by atoms with Gasteiger partial charge in [-0.15, -0.1) is 11.6 Å². The summed E-state index contributed by atoms with van der Waals surface area (Å²) in [5.41, 5.74) is 1.11. The summed E-state index contributed by atoms with van der Waals surface area (Å²) in [5, 5.41) is 5.35. The molecule has 0 fully saturated rings. The standard InChI is InChI=1S/C17H20ClNO/c1-4-17(3,18)16(20)19-12(2)14-11-7-9-13-8-5-6-10-15(13)14/h5-12H,4H2,1-3H3,(H,19,20)/t12-,17+/m1/s1. The summed E-state index contributed by atoms with van der Waals surface area (Å²) >= 11 is 6.21. The van der Waals surface area contributed by atoms with Gasteiger partial charge in [-0.1, -0.05) is 49.4 Å². The van der Waals surface area contributed by atoms with Crippen LogP contribution in [0, 0.1) is 0 Å². The molecule has 0 radical (unpaired) electrons. The molecule has 0 saturated carbocycles. The largest absolute Gasteiger partial charge is 0.348 e. The summed E-state index contributed by atoms with van der Waals surface area (Å²) in [5.74, 6) is -0.123. The minimum absolute atomic E-state index is 0.0711. The predicted octanol–water partition coefficient (Wildman–Crippen LogP) is 4.42. The lowest BCUT2D eigenvalue weighted by Crippen LogP contribution is -2.41. The van der Waals surface area contributed by atoms with Gasteiger partial charge in [0.25, 0.3) is 0 Å². The predicted molar refractivity (Wildman–Crippen MR) is 85.1 cm³/mol. The molecule has 3 heteroatoms. The molecule has 2 atom stereocenters. The fourth-order valence-corrected chi connectivity index (χ4v) is 2.27. The van der Waals surface area contributed by atoms with E-state index in [4.69, 9.17) is 11.6 Å². The Morgan fingerprint density at radius 3 is 2.60 bits per heavy atom. The van der Waals surface area contributed by atoms with Gasteiger partial charge in [-0.05, 0) is 36.6 Å². The summed E-state index contributed by atoms with van der Waals surface area (Å²) in [6, 6.07) is 14.2. The fourth-order valence-electron chi connectivity index (χ4n) is 2.21. The first-order chi connectivity index (χ1) is 9.45. The smallest absolute Gasteiger partial charge is 0.241 e. The zero-order valence-electron chi connectivity index (χ0n) is 12.1. The van der Waals surface area contributed by atoms with E-state index in [0.717, 1.165) is 10.9 Å². The molecule has 0 aliphatic carbocycles. The maximum absolute atomic E-state index is 12.2. The third kappa shape index (κ3) is 2.96. The van der Waals surface area contributed by atoms with Crippen molar-refractivity contribution in [3.8, 4) is 0 Å². The highest BCUT2D eigenvalue weighted by molar-refractivity contribution is 6.34. The van der Waals surface area contributed by atoms with Crippen molar-refractivity contribution in [3.05, 3.63) is 48.0 Å². The van der Waals surface area contributed by atoms with Crippen LogP contribution in [-0.4, -0.2) is 10.8 Å². The van der Waals surface area contributed by atoms with E-state index in [1.807, 2.05) is 38.1 Å². The Hall–Kier alpha value is -1.54. The zero-order valence-corrected chi connectivity index (χ0v) is 12.9. The summed E-state index contributed by atoms with van der Waals surface area (Å²) in [4.78, 5) is 11.3. The summed E-state index contributed by atoms with van der Waals surface area (Å²) in [7, 11) is 0. The Bertz CT molecular complexity index is 616. The number of nitrogens with one attached hydrogen (secondary N) is 1. The van der Waals surface area contributed by atoms with Crippen LogP contribution in [0.2, 0.25) is 0 Å². The van der Waals surface area contributed by atoms with E-state index in [1.54, 1.807) is 6.92 Å². The lowest BCUT2D eigenvalue weighted by molar-refractivity contribution is -0.124. The topological polar surface area (TPSA) is 29.1 Å². The van der Waals surface area contributed by atoms with Crippen LogP contribution in [0.5, 0.6) is 0 Å². The normalized spacial score (nSPS) is 15.6. The molecule has 0 heterocycles. The number of carbonyl (C=O) groups excluding carboxylic acids is 1. The van der Waals surface area contributed by atoms with Crippen molar-refractivity contribution in [1.29, 1.82) is 0 Å². The second-order valence-electron chi connectivity index (χ2n) is 5.31. The Morgan fingerprint density at radius 1 is 1.25 bits per heavy atom. The van der Waals surface area contributed by atoms with Crippen LogP contribution in [0.3, 0.4) is 0 Å². The van der Waals surface area contributed by atoms with E-state index in [1.165, 1.54) is 5.39 Å². The molecule has 2 aromatic rings. The molecule has 0 aromatic heterocycles. The zero-order chi connectivity index (χ0) is 14.8. The molecule has 0 bridgehead atoms. The van der Waals surface area contributed by atoms with E-state index in [-0.39, 0.29) is 11.9 Å². The molecule has 0 unspecified atom stereocenters. The molecule has 0 aliphatic rings. The second kappa shape index (κ2) is 5.84. The molecule has 106 valence electrons. The molecule has 2 rings (SSSR count). The average Bonchev–Trinajstić information content (AvgIpc) is 2.46. The van der Waals surface area contributed by atoms with Crippen molar-refractivity contribution < 1.29 is 4.79 Å². The molecular formula is C17H20ClNO. The van der Waals surface area contributed by atoms with Crippen LogP contribution >= 0.6 is 11.6 Å². The van der Waals surface area contributed by atoms with Crippen molar-refractivity contribution in [2.45, 2.75) is 38.1 Å². The number of hydrogen-bond acceptors (Lipinski definition) is 1. The minimum atomic E-state index is -0.848. The van der Waals surface area contributed by atoms with Crippen molar-refractivity contribution >= 4 is 28.3 Å². The van der Waals surface area contributed by atoms with Crippen LogP contribution < -0.4 is 5.32 Å². The molecule has 0 saturated heterocycles. The van der Waals surface area contributed by atoms with Gasteiger partial charge in [0.2, 0.25) is 5.91 Å². The van der Waals surface area contributed by atoms with Crippen LogP contribution in [0.1, 0.15) is 38.8 Å². The van der Waals surface area contributed by atoms with E-state index in [9.17, 15) is 4.79 Å². The summed E-state index contributed by atoms with van der Waals surface area (Å²) in [6.07, 6.45) is 0.600. The number of hydrogen-bond donors (Lipinski definition) is 1. The van der Waals surface area contributed by atoms with Crippen molar-refractivity contribution in [2.24, 2.45) is 0 Å². The monoisotopic (exact) mass is 289 g/mol. The third-order valence-electron chi connectivity index (χ3n) is 3.77. The number of alkyl halides is 1. The molecule has 1 amide bonds. The highest BCUT2D eigenvalue weighted by Gasteiger charge is 2.29. The van der Waals surface area contributed by atoms with Crippen molar-refractivity contribution in [1.82, 2.24) is 5.32 Å². The molecule has 1 N–H and O–H groups in total. The molecule has 2 aromatic carbocycles. The van der Waals surface area contributed by atoms with Gasteiger partial charge in [-0.3, -0.25) is 4.79 Å². The van der Waals surface area contributed by atoms with Gasteiger partial charge in [0.1, 0.15) is 4.87 Å². The molecular weight excluding hydrogens is 270 g/mol. The summed E-state index contributed by atoms with van der Waals surface area (Å²) in [6.45, 7) is 5.65. The Kier molecular flexibility index (Phi) is 4.34. The van der Waals surface area contributed by atoms with E-state index >= 15 is 0 Å². The average molecular weight is 290 g/mol. The minimum Gasteiger partial charge on any atom is -0.348 e. The van der Waals surface area contributed by atoms with E-state index in [0.29, 0.717) is 6.42 Å². The van der Waals surface area contributed by atoms with E-state index in [2.05, 4.69) is 23.5 Å². The van der Waals surface area contributed by atoms with E-state index < -0.39 is 4.87 Å². The number of rotatable bonds is 4. The third-order valence-corrected chi connectivity index (χ3v) is 4.21. The Labute approximate surface area is 125 Å². The number of benzene rings is 2. The SMILES string of the molecule is CC[C@](C)(Cl)C(=O)N[C@H](C)c1cccc2ccccc12. The molecule has 20 heavy (non-hydrogen) atoms. The first-order valence-electron chi connectivity index (χ1n) is 6.93. The first-order valence-corrected chi connectivity index (χ1v) is 7.31.